The fourth-order valence-electron chi connectivity index (χ4n) is 1.55. The Bertz CT molecular complexity index is 462. The van der Waals surface area contributed by atoms with Crippen LogP contribution in [0.3, 0.4) is 0 Å². The first-order valence-electron chi connectivity index (χ1n) is 6.30. The van der Waals surface area contributed by atoms with Crippen LogP contribution in [0.2, 0.25) is 5.02 Å². The number of thioether (sulfide) groups is 1. The number of carboxylic acids is 1. The Morgan fingerprint density at radius 2 is 1.90 bits per heavy atom. The van der Waals surface area contributed by atoms with E-state index in [4.69, 9.17) is 16.7 Å². The standard InChI is InChI=1S/C14H18ClNO3S/c1-9(2)13(14(18)19)16-12(17)7-8-20-11-5-3-10(15)4-6-11/h3-6,9,13H,7-8H2,1-2H3,(H,16,17)(H,18,19)/t13-/m1/s1. The lowest BCUT2D eigenvalue weighted by Crippen LogP contribution is -2.44. The molecule has 0 spiro atoms. The summed E-state index contributed by atoms with van der Waals surface area (Å²) in [5, 5.41) is 12.2. The first kappa shape index (κ1) is 16.9. The van der Waals surface area contributed by atoms with Crippen LogP contribution in [0.5, 0.6) is 0 Å². The summed E-state index contributed by atoms with van der Waals surface area (Å²) in [6.45, 7) is 3.53. The molecule has 1 aromatic carbocycles. The highest BCUT2D eigenvalue weighted by Crippen LogP contribution is 2.20. The summed E-state index contributed by atoms with van der Waals surface area (Å²) in [5.74, 6) is -0.788. The number of amides is 1. The highest BCUT2D eigenvalue weighted by atomic mass is 35.5. The lowest BCUT2D eigenvalue weighted by atomic mass is 10.0. The Morgan fingerprint density at radius 3 is 2.40 bits per heavy atom. The van der Waals surface area contributed by atoms with E-state index in [1.807, 2.05) is 12.1 Å². The molecule has 4 nitrogen and oxygen atoms in total. The lowest BCUT2D eigenvalue weighted by Gasteiger charge is -2.17. The van der Waals surface area contributed by atoms with Crippen LogP contribution in [0.25, 0.3) is 0 Å². The molecule has 1 rings (SSSR count). The van der Waals surface area contributed by atoms with Crippen LogP contribution in [0.1, 0.15) is 20.3 Å². The maximum Gasteiger partial charge on any atom is 0.326 e. The maximum atomic E-state index is 11.7. The molecule has 1 amide bonds. The molecule has 0 radical (unpaired) electrons. The Morgan fingerprint density at radius 1 is 1.30 bits per heavy atom. The van der Waals surface area contributed by atoms with E-state index in [1.54, 1.807) is 26.0 Å². The Balaban J connectivity index is 2.36. The molecule has 0 heterocycles. The topological polar surface area (TPSA) is 66.4 Å². The van der Waals surface area contributed by atoms with Gasteiger partial charge in [0.1, 0.15) is 6.04 Å². The molecule has 0 aliphatic carbocycles. The maximum absolute atomic E-state index is 11.7. The van der Waals surface area contributed by atoms with Gasteiger partial charge in [0.25, 0.3) is 0 Å². The summed E-state index contributed by atoms with van der Waals surface area (Å²) in [5.41, 5.74) is 0. The van der Waals surface area contributed by atoms with E-state index >= 15 is 0 Å². The second kappa shape index (κ2) is 8.17. The van der Waals surface area contributed by atoms with Gasteiger partial charge in [0, 0.05) is 22.1 Å². The average molecular weight is 316 g/mol. The summed E-state index contributed by atoms with van der Waals surface area (Å²) in [6, 6.07) is 6.54. The number of carboxylic acid groups (broad SMARTS) is 1. The zero-order valence-corrected chi connectivity index (χ0v) is 13.0. The minimum absolute atomic E-state index is 0.139. The number of halogens is 1. The van der Waals surface area contributed by atoms with Crippen LogP contribution in [-0.2, 0) is 9.59 Å². The van der Waals surface area contributed by atoms with Crippen molar-refractivity contribution in [1.82, 2.24) is 5.32 Å². The molecule has 0 unspecified atom stereocenters. The third kappa shape index (κ3) is 5.84. The minimum atomic E-state index is -1.00. The van der Waals surface area contributed by atoms with Crippen molar-refractivity contribution in [2.75, 3.05) is 5.75 Å². The lowest BCUT2D eigenvalue weighted by molar-refractivity contribution is -0.143. The van der Waals surface area contributed by atoms with Crippen LogP contribution in [-0.4, -0.2) is 28.8 Å². The van der Waals surface area contributed by atoms with Crippen molar-refractivity contribution in [3.05, 3.63) is 29.3 Å². The number of benzene rings is 1. The first-order valence-corrected chi connectivity index (χ1v) is 7.67. The molecule has 0 fully saturated rings. The largest absolute Gasteiger partial charge is 0.480 e. The molecule has 20 heavy (non-hydrogen) atoms. The quantitative estimate of drug-likeness (QED) is 0.759. The molecule has 0 saturated heterocycles. The van der Waals surface area contributed by atoms with Crippen LogP contribution in [0.15, 0.2) is 29.2 Å². The second-order valence-corrected chi connectivity index (χ2v) is 6.28. The Kier molecular flexibility index (Phi) is 6.88. The molecule has 1 aromatic rings. The van der Waals surface area contributed by atoms with Gasteiger partial charge in [-0.2, -0.15) is 0 Å². The predicted octanol–water partition coefficient (Wildman–Crippen LogP) is 3.05. The predicted molar refractivity (Wildman–Crippen MR) is 81.2 cm³/mol. The number of rotatable bonds is 7. The van der Waals surface area contributed by atoms with Gasteiger partial charge in [-0.05, 0) is 30.2 Å². The van der Waals surface area contributed by atoms with Gasteiger partial charge in [0.15, 0.2) is 0 Å². The van der Waals surface area contributed by atoms with Gasteiger partial charge < -0.3 is 10.4 Å². The van der Waals surface area contributed by atoms with E-state index in [0.29, 0.717) is 10.8 Å². The second-order valence-electron chi connectivity index (χ2n) is 4.68. The Hall–Kier alpha value is -1.20. The van der Waals surface area contributed by atoms with Crippen LogP contribution >= 0.6 is 23.4 Å². The summed E-state index contributed by atoms with van der Waals surface area (Å²) in [6.07, 6.45) is 0.282. The zero-order chi connectivity index (χ0) is 15.1. The van der Waals surface area contributed by atoms with Crippen molar-refractivity contribution >= 4 is 35.2 Å². The number of hydrogen-bond donors (Lipinski definition) is 2. The number of carbonyl (C=O) groups excluding carboxylic acids is 1. The van der Waals surface area contributed by atoms with E-state index in [0.717, 1.165) is 4.90 Å². The molecule has 0 aromatic heterocycles. The van der Waals surface area contributed by atoms with Gasteiger partial charge in [-0.25, -0.2) is 4.79 Å². The van der Waals surface area contributed by atoms with Crippen molar-refractivity contribution in [1.29, 1.82) is 0 Å². The molecule has 0 aliphatic rings. The summed E-state index contributed by atoms with van der Waals surface area (Å²) < 4.78 is 0. The number of carbonyl (C=O) groups is 2. The van der Waals surface area contributed by atoms with Gasteiger partial charge in [-0.1, -0.05) is 25.4 Å². The first-order chi connectivity index (χ1) is 9.40. The van der Waals surface area contributed by atoms with Crippen LogP contribution < -0.4 is 5.32 Å². The van der Waals surface area contributed by atoms with Crippen molar-refractivity contribution in [2.45, 2.75) is 31.2 Å². The van der Waals surface area contributed by atoms with E-state index < -0.39 is 12.0 Å². The number of aliphatic carboxylic acids is 1. The third-order valence-electron chi connectivity index (χ3n) is 2.66. The highest BCUT2D eigenvalue weighted by molar-refractivity contribution is 7.99. The average Bonchev–Trinajstić information content (AvgIpc) is 2.37. The smallest absolute Gasteiger partial charge is 0.326 e. The van der Waals surface area contributed by atoms with Crippen molar-refractivity contribution in [3.63, 3.8) is 0 Å². The molecule has 2 N–H and O–H groups in total. The molecule has 0 saturated carbocycles. The molecular formula is C14H18ClNO3S. The van der Waals surface area contributed by atoms with Gasteiger partial charge in [-0.3, -0.25) is 4.79 Å². The number of nitrogens with one attached hydrogen (secondary N) is 1. The summed E-state index contributed by atoms with van der Waals surface area (Å²) >= 11 is 7.32. The molecule has 110 valence electrons. The van der Waals surface area contributed by atoms with Crippen LogP contribution in [0.4, 0.5) is 0 Å². The zero-order valence-electron chi connectivity index (χ0n) is 11.4. The summed E-state index contributed by atoms with van der Waals surface area (Å²) in [7, 11) is 0. The van der Waals surface area contributed by atoms with Crippen molar-refractivity contribution in [3.8, 4) is 0 Å². The van der Waals surface area contributed by atoms with Gasteiger partial charge >= 0.3 is 5.97 Å². The monoisotopic (exact) mass is 315 g/mol. The molecule has 1 atom stereocenters. The molecule has 6 heteroatoms. The molecule has 0 bridgehead atoms. The van der Waals surface area contributed by atoms with Crippen molar-refractivity contribution < 1.29 is 14.7 Å². The SMILES string of the molecule is CC(C)[C@@H](NC(=O)CCSc1ccc(Cl)cc1)C(=O)O. The minimum Gasteiger partial charge on any atom is -0.480 e. The van der Waals surface area contributed by atoms with E-state index in [2.05, 4.69) is 5.32 Å². The fourth-order valence-corrected chi connectivity index (χ4v) is 2.53. The van der Waals surface area contributed by atoms with Gasteiger partial charge in [-0.15, -0.1) is 11.8 Å². The Labute approximate surface area is 127 Å². The van der Waals surface area contributed by atoms with E-state index in [9.17, 15) is 9.59 Å². The van der Waals surface area contributed by atoms with Gasteiger partial charge in [0.05, 0.1) is 0 Å². The molecule has 0 aliphatic heterocycles. The van der Waals surface area contributed by atoms with E-state index in [-0.39, 0.29) is 18.2 Å². The van der Waals surface area contributed by atoms with Gasteiger partial charge in [0.2, 0.25) is 5.91 Å². The molecular weight excluding hydrogens is 298 g/mol. The number of hydrogen-bond acceptors (Lipinski definition) is 3. The normalized spacial score (nSPS) is 12.2. The van der Waals surface area contributed by atoms with Crippen LogP contribution in [0, 0.1) is 5.92 Å². The third-order valence-corrected chi connectivity index (χ3v) is 3.93. The summed E-state index contributed by atoms with van der Waals surface area (Å²) in [4.78, 5) is 23.7. The highest BCUT2D eigenvalue weighted by Gasteiger charge is 2.22. The fraction of sp³-hybridized carbons (Fsp3) is 0.429. The van der Waals surface area contributed by atoms with E-state index in [1.165, 1.54) is 11.8 Å². The van der Waals surface area contributed by atoms with Crippen molar-refractivity contribution in [2.24, 2.45) is 5.92 Å².